The zero-order chi connectivity index (χ0) is 19.9. The summed E-state index contributed by atoms with van der Waals surface area (Å²) in [5.41, 5.74) is 2.84. The lowest BCUT2D eigenvalue weighted by atomic mass is 10.1. The Bertz CT molecular complexity index is 1130. The molecule has 0 saturated heterocycles. The summed E-state index contributed by atoms with van der Waals surface area (Å²) in [5.74, 6) is 0.0607. The van der Waals surface area contributed by atoms with Crippen LogP contribution in [0, 0.1) is 0 Å². The van der Waals surface area contributed by atoms with Gasteiger partial charge in [-0.2, -0.15) is 23.1 Å². The fourth-order valence-electron chi connectivity index (χ4n) is 2.89. The Morgan fingerprint density at radius 3 is 2.86 bits per heavy atom. The van der Waals surface area contributed by atoms with Crippen LogP contribution in [0.15, 0.2) is 36.9 Å². The first-order valence-electron chi connectivity index (χ1n) is 8.65. The number of aromatic nitrogens is 5. The maximum absolute atomic E-state index is 12.9. The van der Waals surface area contributed by atoms with Gasteiger partial charge < -0.3 is 19.4 Å². The van der Waals surface area contributed by atoms with Crippen LogP contribution in [0.3, 0.4) is 0 Å². The van der Waals surface area contributed by atoms with Crippen molar-refractivity contribution < 1.29 is 17.9 Å². The van der Waals surface area contributed by atoms with Crippen LogP contribution in [0.4, 0.5) is 19.1 Å². The van der Waals surface area contributed by atoms with E-state index >= 15 is 0 Å². The van der Waals surface area contributed by atoms with Crippen LogP contribution < -0.4 is 10.1 Å². The van der Waals surface area contributed by atoms with Gasteiger partial charge in [-0.15, -0.1) is 0 Å². The van der Waals surface area contributed by atoms with Gasteiger partial charge in [0.15, 0.2) is 0 Å². The van der Waals surface area contributed by atoms with Crippen molar-refractivity contribution in [3.63, 3.8) is 0 Å². The van der Waals surface area contributed by atoms with Crippen LogP contribution in [0.25, 0.3) is 27.8 Å². The Balaban J connectivity index is 1.81. The molecule has 0 aromatic carbocycles. The predicted octanol–water partition coefficient (Wildman–Crippen LogP) is 4.03. The Hall–Kier alpha value is -3.30. The number of halogens is 3. The van der Waals surface area contributed by atoms with Crippen LogP contribution >= 0.6 is 0 Å². The molecule has 0 bridgehead atoms. The van der Waals surface area contributed by atoms with E-state index in [2.05, 4.69) is 25.3 Å². The molecule has 10 heteroatoms. The Labute approximate surface area is 157 Å². The third kappa shape index (κ3) is 3.21. The van der Waals surface area contributed by atoms with Gasteiger partial charge in [-0.3, -0.25) is 0 Å². The van der Waals surface area contributed by atoms with Gasteiger partial charge in [-0.1, -0.05) is 0 Å². The van der Waals surface area contributed by atoms with E-state index in [-0.39, 0.29) is 11.8 Å². The number of aromatic amines is 1. The van der Waals surface area contributed by atoms with Gasteiger partial charge in [-0.25, -0.2) is 4.98 Å². The smallest absolute Gasteiger partial charge is 0.408 e. The topological polar surface area (TPSA) is 80.1 Å². The molecule has 0 aliphatic carbocycles. The fourth-order valence-corrected chi connectivity index (χ4v) is 2.89. The highest BCUT2D eigenvalue weighted by Crippen LogP contribution is 2.35. The number of alkyl halides is 3. The SMILES string of the molecule is CCOc1nc(NC(C)C(F)(F)F)nc2[nH]cc(-c3ccc4nccn4c3)c12. The number of nitrogens with zero attached hydrogens (tertiary/aromatic N) is 4. The quantitative estimate of drug-likeness (QED) is 0.538. The zero-order valence-corrected chi connectivity index (χ0v) is 15.1. The first-order valence-corrected chi connectivity index (χ1v) is 8.65. The Morgan fingerprint density at radius 1 is 1.29 bits per heavy atom. The van der Waals surface area contributed by atoms with E-state index in [0.717, 1.165) is 23.7 Å². The summed E-state index contributed by atoms with van der Waals surface area (Å²) in [5, 5.41) is 2.89. The lowest BCUT2D eigenvalue weighted by molar-refractivity contribution is -0.138. The average molecular weight is 390 g/mol. The first-order chi connectivity index (χ1) is 13.4. The number of rotatable bonds is 5. The number of nitrogens with one attached hydrogen (secondary N) is 2. The number of pyridine rings is 1. The number of anilines is 1. The molecule has 2 N–H and O–H groups in total. The van der Waals surface area contributed by atoms with Crippen molar-refractivity contribution in [3.8, 4) is 17.0 Å². The summed E-state index contributed by atoms with van der Waals surface area (Å²) >= 11 is 0. The lowest BCUT2D eigenvalue weighted by Crippen LogP contribution is -2.33. The minimum Gasteiger partial charge on any atom is -0.477 e. The predicted molar refractivity (Wildman–Crippen MR) is 98.4 cm³/mol. The number of hydrogen-bond donors (Lipinski definition) is 2. The van der Waals surface area contributed by atoms with Gasteiger partial charge in [0.05, 0.1) is 12.0 Å². The molecule has 0 amide bonds. The van der Waals surface area contributed by atoms with Crippen LogP contribution in [0.5, 0.6) is 5.88 Å². The highest BCUT2D eigenvalue weighted by Gasteiger charge is 2.36. The second kappa shape index (κ2) is 6.70. The highest BCUT2D eigenvalue weighted by atomic mass is 19.4. The fraction of sp³-hybridized carbons (Fsp3) is 0.278. The average Bonchev–Trinajstić information content (AvgIpc) is 3.27. The van der Waals surface area contributed by atoms with E-state index in [0.29, 0.717) is 17.6 Å². The van der Waals surface area contributed by atoms with E-state index in [4.69, 9.17) is 4.74 Å². The van der Waals surface area contributed by atoms with E-state index < -0.39 is 12.2 Å². The first kappa shape index (κ1) is 18.1. The van der Waals surface area contributed by atoms with Crippen molar-refractivity contribution in [1.29, 1.82) is 0 Å². The number of ether oxygens (including phenoxy) is 1. The monoisotopic (exact) mass is 390 g/mol. The minimum atomic E-state index is -4.41. The van der Waals surface area contributed by atoms with Crippen molar-refractivity contribution >= 4 is 22.6 Å². The summed E-state index contributed by atoms with van der Waals surface area (Å²) in [6, 6.07) is 1.98. The van der Waals surface area contributed by atoms with Crippen LogP contribution in [0.1, 0.15) is 13.8 Å². The third-order valence-corrected chi connectivity index (χ3v) is 4.32. The summed E-state index contributed by atoms with van der Waals surface area (Å²) in [7, 11) is 0. The minimum absolute atomic E-state index is 0.153. The molecular formula is C18H17F3N6O. The number of fused-ring (bicyclic) bond motifs is 2. The molecule has 0 saturated carbocycles. The van der Waals surface area contributed by atoms with E-state index in [9.17, 15) is 13.2 Å². The number of hydrogen-bond acceptors (Lipinski definition) is 5. The lowest BCUT2D eigenvalue weighted by Gasteiger charge is -2.17. The van der Waals surface area contributed by atoms with Crippen LogP contribution in [0.2, 0.25) is 0 Å². The molecule has 28 heavy (non-hydrogen) atoms. The van der Waals surface area contributed by atoms with Crippen LogP contribution in [-0.4, -0.2) is 43.2 Å². The highest BCUT2D eigenvalue weighted by molar-refractivity contribution is 5.97. The van der Waals surface area contributed by atoms with Gasteiger partial charge in [0.1, 0.15) is 17.3 Å². The molecule has 146 valence electrons. The molecule has 0 aliphatic heterocycles. The molecule has 4 aromatic rings. The molecule has 4 aromatic heterocycles. The molecule has 0 spiro atoms. The van der Waals surface area contributed by atoms with Gasteiger partial charge >= 0.3 is 6.18 Å². The standard InChI is InChI=1S/C18H17F3N6O/c1-3-28-16-14-12(11-4-5-13-22-6-7-27(13)9-11)8-23-15(14)25-17(26-16)24-10(2)18(19,20)21/h4-10H,3H2,1-2H3,(H2,23,24,25,26). The molecule has 0 fully saturated rings. The molecular weight excluding hydrogens is 373 g/mol. The maximum atomic E-state index is 12.9. The summed E-state index contributed by atoms with van der Waals surface area (Å²) in [6.07, 6.45) is 2.75. The molecule has 0 radical (unpaired) electrons. The number of imidazole rings is 1. The normalized spacial score (nSPS) is 13.2. The molecule has 1 unspecified atom stereocenters. The largest absolute Gasteiger partial charge is 0.477 e. The number of H-pyrrole nitrogens is 1. The maximum Gasteiger partial charge on any atom is 0.408 e. The Kier molecular flexibility index (Phi) is 4.33. The van der Waals surface area contributed by atoms with E-state index in [1.165, 1.54) is 0 Å². The second-order valence-corrected chi connectivity index (χ2v) is 6.23. The van der Waals surface area contributed by atoms with E-state index in [1.54, 1.807) is 19.3 Å². The van der Waals surface area contributed by atoms with Crippen molar-refractivity contribution in [3.05, 3.63) is 36.9 Å². The molecule has 4 heterocycles. The molecule has 0 aliphatic rings. The zero-order valence-electron chi connectivity index (χ0n) is 15.1. The van der Waals surface area contributed by atoms with Gasteiger partial charge in [0, 0.05) is 35.9 Å². The van der Waals surface area contributed by atoms with Gasteiger partial charge in [-0.05, 0) is 26.0 Å². The second-order valence-electron chi connectivity index (χ2n) is 6.23. The van der Waals surface area contributed by atoms with Gasteiger partial charge in [0.2, 0.25) is 11.8 Å². The van der Waals surface area contributed by atoms with Crippen LogP contribution in [-0.2, 0) is 0 Å². The third-order valence-electron chi connectivity index (χ3n) is 4.32. The molecule has 1 atom stereocenters. The Morgan fingerprint density at radius 2 is 2.11 bits per heavy atom. The summed E-state index contributed by atoms with van der Waals surface area (Å²) in [4.78, 5) is 15.6. The summed E-state index contributed by atoms with van der Waals surface area (Å²) in [6.45, 7) is 3.10. The molecule has 4 rings (SSSR count). The summed E-state index contributed by atoms with van der Waals surface area (Å²) < 4.78 is 46.1. The van der Waals surface area contributed by atoms with Crippen molar-refractivity contribution in [2.45, 2.75) is 26.1 Å². The van der Waals surface area contributed by atoms with E-state index in [1.807, 2.05) is 28.9 Å². The van der Waals surface area contributed by atoms with Crippen molar-refractivity contribution in [2.24, 2.45) is 0 Å². The van der Waals surface area contributed by atoms with Gasteiger partial charge in [0.25, 0.3) is 0 Å². The van der Waals surface area contributed by atoms with Crippen molar-refractivity contribution in [1.82, 2.24) is 24.3 Å². The van der Waals surface area contributed by atoms with Crippen molar-refractivity contribution in [2.75, 3.05) is 11.9 Å². The molecule has 7 nitrogen and oxygen atoms in total.